The van der Waals surface area contributed by atoms with Crippen molar-refractivity contribution in [2.75, 3.05) is 0 Å². The molecule has 76 valence electrons. The molecule has 0 aliphatic rings. The molecular formula is C13H11BrO. The summed E-state index contributed by atoms with van der Waals surface area (Å²) in [6, 6.07) is 15.5. The summed E-state index contributed by atoms with van der Waals surface area (Å²) in [7, 11) is 0. The molecule has 0 aromatic heterocycles. The maximum atomic E-state index is 9.39. The van der Waals surface area contributed by atoms with Crippen LogP contribution in [0.25, 0.3) is 0 Å². The number of benzene rings is 2. The smallest absolute Gasteiger partial charge is 0.115 e. The molecule has 0 radical (unpaired) electrons. The van der Waals surface area contributed by atoms with Gasteiger partial charge < -0.3 is 5.11 Å². The van der Waals surface area contributed by atoms with Crippen LogP contribution in [0.3, 0.4) is 0 Å². The molecule has 2 heteroatoms. The minimum absolute atomic E-state index is 0.309. The van der Waals surface area contributed by atoms with Crippen LogP contribution in [0.1, 0.15) is 11.1 Å². The molecule has 0 atom stereocenters. The summed E-state index contributed by atoms with van der Waals surface area (Å²) in [5.74, 6) is 0.309. The highest BCUT2D eigenvalue weighted by Crippen LogP contribution is 2.24. The summed E-state index contributed by atoms with van der Waals surface area (Å²) in [5, 5.41) is 9.39. The van der Waals surface area contributed by atoms with Gasteiger partial charge in [0, 0.05) is 4.47 Å². The Morgan fingerprint density at radius 1 is 1.00 bits per heavy atom. The third-order valence-corrected chi connectivity index (χ3v) is 3.04. The molecule has 0 unspecified atom stereocenters. The fraction of sp³-hybridized carbons (Fsp3) is 0.0769. The van der Waals surface area contributed by atoms with Crippen LogP contribution < -0.4 is 0 Å². The van der Waals surface area contributed by atoms with Crippen LogP contribution in [0.2, 0.25) is 0 Å². The lowest BCUT2D eigenvalue weighted by Gasteiger charge is -2.05. The standard InChI is InChI=1S/C13H11BrO/c14-13-7-6-12(15)9-11(13)8-10-4-2-1-3-5-10/h1-7,9,15H,8H2. The second-order valence-electron chi connectivity index (χ2n) is 3.44. The van der Waals surface area contributed by atoms with Crippen LogP contribution in [-0.2, 0) is 6.42 Å². The Morgan fingerprint density at radius 3 is 2.47 bits per heavy atom. The van der Waals surface area contributed by atoms with Crippen molar-refractivity contribution in [1.29, 1.82) is 0 Å². The number of hydrogen-bond donors (Lipinski definition) is 1. The molecule has 0 fully saturated rings. The van der Waals surface area contributed by atoms with E-state index in [9.17, 15) is 5.11 Å². The molecule has 0 aliphatic heterocycles. The summed E-state index contributed by atoms with van der Waals surface area (Å²) in [6.07, 6.45) is 0.829. The van der Waals surface area contributed by atoms with Crippen LogP contribution in [0.15, 0.2) is 53.0 Å². The van der Waals surface area contributed by atoms with Crippen molar-refractivity contribution in [2.24, 2.45) is 0 Å². The lowest BCUT2D eigenvalue weighted by atomic mass is 10.1. The van der Waals surface area contributed by atoms with Gasteiger partial charge in [-0.2, -0.15) is 0 Å². The summed E-state index contributed by atoms with van der Waals surface area (Å²) in [5.41, 5.74) is 2.34. The number of aromatic hydroxyl groups is 1. The number of phenolic OH excluding ortho intramolecular Hbond substituents is 1. The summed E-state index contributed by atoms with van der Waals surface area (Å²) in [4.78, 5) is 0. The Bertz CT molecular complexity index is 451. The number of phenols is 1. The van der Waals surface area contributed by atoms with Gasteiger partial charge in [0.25, 0.3) is 0 Å². The van der Waals surface area contributed by atoms with E-state index in [-0.39, 0.29) is 0 Å². The van der Waals surface area contributed by atoms with Gasteiger partial charge in [0.05, 0.1) is 0 Å². The van der Waals surface area contributed by atoms with E-state index in [0.29, 0.717) is 5.75 Å². The van der Waals surface area contributed by atoms with E-state index >= 15 is 0 Å². The molecule has 0 spiro atoms. The lowest BCUT2D eigenvalue weighted by molar-refractivity contribution is 0.474. The first-order valence-electron chi connectivity index (χ1n) is 4.77. The van der Waals surface area contributed by atoms with E-state index < -0.39 is 0 Å². The van der Waals surface area contributed by atoms with Gasteiger partial charge in [0.15, 0.2) is 0 Å². The van der Waals surface area contributed by atoms with Gasteiger partial charge in [-0.15, -0.1) is 0 Å². The fourth-order valence-corrected chi connectivity index (χ4v) is 1.90. The topological polar surface area (TPSA) is 20.2 Å². The predicted octanol–water partition coefficient (Wildman–Crippen LogP) is 3.75. The highest BCUT2D eigenvalue weighted by molar-refractivity contribution is 9.10. The quantitative estimate of drug-likeness (QED) is 0.874. The zero-order valence-electron chi connectivity index (χ0n) is 8.15. The molecule has 0 amide bonds. The van der Waals surface area contributed by atoms with Gasteiger partial charge in [0.2, 0.25) is 0 Å². The molecule has 2 rings (SSSR count). The molecule has 2 aromatic carbocycles. The van der Waals surface area contributed by atoms with Crippen LogP contribution in [0.5, 0.6) is 5.75 Å². The van der Waals surface area contributed by atoms with Crippen molar-refractivity contribution >= 4 is 15.9 Å². The van der Waals surface area contributed by atoms with E-state index in [2.05, 4.69) is 28.1 Å². The second kappa shape index (κ2) is 4.49. The average Bonchev–Trinajstić information content (AvgIpc) is 2.25. The van der Waals surface area contributed by atoms with E-state index in [1.54, 1.807) is 12.1 Å². The molecule has 0 aliphatic carbocycles. The van der Waals surface area contributed by atoms with Gasteiger partial charge in [-0.25, -0.2) is 0 Å². The van der Waals surface area contributed by atoms with Crippen molar-refractivity contribution in [3.05, 3.63) is 64.1 Å². The van der Waals surface area contributed by atoms with Gasteiger partial charge in [0.1, 0.15) is 5.75 Å². The predicted molar refractivity (Wildman–Crippen MR) is 65.1 cm³/mol. The molecule has 0 bridgehead atoms. The molecule has 1 N–H and O–H groups in total. The third kappa shape index (κ3) is 2.60. The van der Waals surface area contributed by atoms with E-state index in [1.807, 2.05) is 24.3 Å². The normalized spacial score (nSPS) is 10.2. The zero-order chi connectivity index (χ0) is 10.7. The maximum absolute atomic E-state index is 9.39. The molecule has 1 nitrogen and oxygen atoms in total. The van der Waals surface area contributed by atoms with Crippen molar-refractivity contribution in [1.82, 2.24) is 0 Å². The van der Waals surface area contributed by atoms with Crippen LogP contribution in [0.4, 0.5) is 0 Å². The van der Waals surface area contributed by atoms with Gasteiger partial charge in [-0.1, -0.05) is 46.3 Å². The zero-order valence-corrected chi connectivity index (χ0v) is 9.74. The van der Waals surface area contributed by atoms with E-state index in [4.69, 9.17) is 0 Å². The van der Waals surface area contributed by atoms with Gasteiger partial charge in [-0.05, 0) is 35.7 Å². The number of hydrogen-bond acceptors (Lipinski definition) is 1. The fourth-order valence-electron chi connectivity index (χ4n) is 1.51. The summed E-state index contributed by atoms with van der Waals surface area (Å²) < 4.78 is 1.03. The first-order valence-corrected chi connectivity index (χ1v) is 5.56. The molecular weight excluding hydrogens is 252 g/mol. The molecule has 0 saturated carbocycles. The van der Waals surface area contributed by atoms with Gasteiger partial charge >= 0.3 is 0 Å². The van der Waals surface area contributed by atoms with Crippen LogP contribution in [-0.4, -0.2) is 5.11 Å². The Labute approximate surface area is 97.5 Å². The first kappa shape index (κ1) is 10.2. The monoisotopic (exact) mass is 262 g/mol. The van der Waals surface area contributed by atoms with Crippen molar-refractivity contribution < 1.29 is 5.11 Å². The number of halogens is 1. The minimum Gasteiger partial charge on any atom is -0.508 e. The van der Waals surface area contributed by atoms with Crippen molar-refractivity contribution in [3.63, 3.8) is 0 Å². The van der Waals surface area contributed by atoms with E-state index in [1.165, 1.54) is 5.56 Å². The second-order valence-corrected chi connectivity index (χ2v) is 4.29. The molecule has 2 aromatic rings. The molecule has 0 saturated heterocycles. The van der Waals surface area contributed by atoms with Gasteiger partial charge in [-0.3, -0.25) is 0 Å². The Kier molecular flexibility index (Phi) is 3.07. The van der Waals surface area contributed by atoms with Crippen LogP contribution in [0, 0.1) is 0 Å². The summed E-state index contributed by atoms with van der Waals surface area (Å²) >= 11 is 3.48. The number of rotatable bonds is 2. The molecule has 15 heavy (non-hydrogen) atoms. The lowest BCUT2D eigenvalue weighted by Crippen LogP contribution is -1.88. The minimum atomic E-state index is 0.309. The maximum Gasteiger partial charge on any atom is 0.115 e. The Morgan fingerprint density at radius 2 is 1.73 bits per heavy atom. The third-order valence-electron chi connectivity index (χ3n) is 2.27. The Balaban J connectivity index is 2.28. The summed E-state index contributed by atoms with van der Waals surface area (Å²) in [6.45, 7) is 0. The van der Waals surface area contributed by atoms with Crippen molar-refractivity contribution in [2.45, 2.75) is 6.42 Å². The Hall–Kier alpha value is -1.28. The SMILES string of the molecule is Oc1ccc(Br)c(Cc2ccccc2)c1. The van der Waals surface area contributed by atoms with E-state index in [0.717, 1.165) is 16.5 Å². The molecule has 0 heterocycles. The average molecular weight is 263 g/mol. The highest BCUT2D eigenvalue weighted by Gasteiger charge is 2.02. The highest BCUT2D eigenvalue weighted by atomic mass is 79.9. The van der Waals surface area contributed by atoms with Crippen LogP contribution >= 0.6 is 15.9 Å². The van der Waals surface area contributed by atoms with Crippen molar-refractivity contribution in [3.8, 4) is 5.75 Å². The largest absolute Gasteiger partial charge is 0.508 e. The first-order chi connectivity index (χ1) is 7.25.